The number of hydrogen-bond acceptors (Lipinski definition) is 2. The average molecular weight is 470 g/mol. The van der Waals surface area contributed by atoms with Crippen molar-refractivity contribution in [1.82, 2.24) is 15.1 Å². The fourth-order valence-corrected chi connectivity index (χ4v) is 4.56. The van der Waals surface area contributed by atoms with Crippen molar-refractivity contribution in [2.24, 2.45) is 10.4 Å². The highest BCUT2D eigenvalue weighted by Gasteiger charge is 2.39. The molecule has 3 rings (SSSR count). The van der Waals surface area contributed by atoms with Crippen LogP contribution in [0.3, 0.4) is 0 Å². The minimum atomic E-state index is 0. The van der Waals surface area contributed by atoms with E-state index in [1.54, 1.807) is 0 Å². The van der Waals surface area contributed by atoms with Crippen LogP contribution < -0.4 is 5.32 Å². The molecule has 1 heterocycles. The van der Waals surface area contributed by atoms with Crippen LogP contribution >= 0.6 is 24.0 Å². The molecular weight excluding hydrogens is 435 g/mol. The summed E-state index contributed by atoms with van der Waals surface area (Å²) in [6, 6.07) is 8.72. The number of guanidine groups is 1. The van der Waals surface area contributed by atoms with Crippen molar-refractivity contribution in [2.45, 2.75) is 51.6 Å². The maximum Gasteiger partial charge on any atom is 0.193 e. The Kier molecular flexibility index (Phi) is 8.20. The van der Waals surface area contributed by atoms with Crippen LogP contribution in [0.1, 0.15) is 49.7 Å². The maximum absolute atomic E-state index is 4.57. The zero-order valence-electron chi connectivity index (χ0n) is 16.6. The predicted octanol–water partition coefficient (Wildman–Crippen LogP) is 4.10. The molecule has 1 aromatic carbocycles. The summed E-state index contributed by atoms with van der Waals surface area (Å²) >= 11 is 0. The first kappa shape index (κ1) is 21.5. The van der Waals surface area contributed by atoms with Crippen LogP contribution in [0.15, 0.2) is 29.3 Å². The number of aliphatic imine (C=N–C) groups is 1. The summed E-state index contributed by atoms with van der Waals surface area (Å²) in [7, 11) is 6.16. The van der Waals surface area contributed by atoms with Crippen molar-refractivity contribution < 1.29 is 0 Å². The minimum absolute atomic E-state index is 0. The van der Waals surface area contributed by atoms with E-state index in [1.165, 1.54) is 56.2 Å². The highest BCUT2D eigenvalue weighted by molar-refractivity contribution is 14.0. The first-order valence-electron chi connectivity index (χ1n) is 9.79. The number of likely N-dealkylation sites (tertiary alicyclic amines) is 1. The smallest absolute Gasteiger partial charge is 0.193 e. The third-order valence-corrected chi connectivity index (χ3v) is 5.91. The van der Waals surface area contributed by atoms with Gasteiger partial charge in [0, 0.05) is 33.2 Å². The zero-order chi connectivity index (χ0) is 17.7. The van der Waals surface area contributed by atoms with Crippen LogP contribution in [-0.2, 0) is 13.1 Å². The molecule has 0 aromatic heterocycles. The molecule has 0 unspecified atom stereocenters. The third kappa shape index (κ3) is 5.35. The van der Waals surface area contributed by atoms with E-state index < -0.39 is 0 Å². The Balaban J connectivity index is 0.00000243. The second-order valence-corrected chi connectivity index (χ2v) is 8.14. The summed E-state index contributed by atoms with van der Waals surface area (Å²) in [4.78, 5) is 9.28. The van der Waals surface area contributed by atoms with Gasteiger partial charge in [-0.15, -0.1) is 24.0 Å². The molecule has 1 spiro atoms. The van der Waals surface area contributed by atoms with E-state index in [0.29, 0.717) is 5.41 Å². The number of nitrogens with one attached hydrogen (secondary N) is 1. The highest BCUT2D eigenvalue weighted by Crippen LogP contribution is 2.43. The second kappa shape index (κ2) is 9.93. The van der Waals surface area contributed by atoms with Gasteiger partial charge in [-0.1, -0.05) is 43.5 Å². The molecular formula is C21H35IN4. The summed E-state index contributed by atoms with van der Waals surface area (Å²) in [6.07, 6.45) is 8.41. The molecule has 5 heteroatoms. The van der Waals surface area contributed by atoms with Crippen LogP contribution in [0.5, 0.6) is 0 Å². The summed E-state index contributed by atoms with van der Waals surface area (Å²) in [5.41, 5.74) is 3.32. The SMILES string of the molecule is CN=C(NCc1ccccc1CN(C)C)N1CCC2(CCCCC2)C1.I. The fraction of sp³-hybridized carbons (Fsp3) is 0.667. The molecule has 1 aliphatic heterocycles. The molecule has 0 atom stereocenters. The Morgan fingerprint density at radius 1 is 1.12 bits per heavy atom. The fourth-order valence-electron chi connectivity index (χ4n) is 4.56. The number of benzene rings is 1. The molecule has 1 N–H and O–H groups in total. The molecule has 26 heavy (non-hydrogen) atoms. The lowest BCUT2D eigenvalue weighted by atomic mass is 9.73. The van der Waals surface area contributed by atoms with Gasteiger partial charge in [0.25, 0.3) is 0 Å². The van der Waals surface area contributed by atoms with Crippen molar-refractivity contribution in [3.05, 3.63) is 35.4 Å². The Morgan fingerprint density at radius 3 is 2.46 bits per heavy atom. The van der Waals surface area contributed by atoms with Crippen LogP contribution in [0, 0.1) is 5.41 Å². The molecule has 2 fully saturated rings. The monoisotopic (exact) mass is 470 g/mol. The van der Waals surface area contributed by atoms with E-state index >= 15 is 0 Å². The number of nitrogens with zero attached hydrogens (tertiary/aromatic N) is 3. The normalized spacial score (nSPS) is 19.7. The highest BCUT2D eigenvalue weighted by atomic mass is 127. The zero-order valence-corrected chi connectivity index (χ0v) is 19.0. The molecule has 0 radical (unpaired) electrons. The lowest BCUT2D eigenvalue weighted by Gasteiger charge is -2.33. The van der Waals surface area contributed by atoms with E-state index in [2.05, 4.69) is 58.5 Å². The van der Waals surface area contributed by atoms with Crippen molar-refractivity contribution in [3.8, 4) is 0 Å². The summed E-state index contributed by atoms with van der Waals surface area (Å²) in [5, 5.41) is 3.62. The van der Waals surface area contributed by atoms with Crippen molar-refractivity contribution in [1.29, 1.82) is 0 Å². The first-order valence-corrected chi connectivity index (χ1v) is 9.79. The van der Waals surface area contributed by atoms with E-state index in [4.69, 9.17) is 0 Å². The Bertz CT molecular complexity index is 593. The first-order chi connectivity index (χ1) is 12.1. The molecule has 0 bridgehead atoms. The van der Waals surface area contributed by atoms with Gasteiger partial charge in [-0.3, -0.25) is 4.99 Å². The van der Waals surface area contributed by atoms with Gasteiger partial charge in [0.1, 0.15) is 0 Å². The Labute approximate surface area is 176 Å². The number of rotatable bonds is 4. The molecule has 146 valence electrons. The van der Waals surface area contributed by atoms with Gasteiger partial charge in [0.05, 0.1) is 0 Å². The second-order valence-electron chi connectivity index (χ2n) is 8.14. The molecule has 1 saturated carbocycles. The standard InChI is InChI=1S/C21H34N4.HI/c1-22-20(25-14-13-21(17-25)11-7-4-8-12-21)23-15-18-9-5-6-10-19(18)16-24(2)3;/h5-6,9-10H,4,7-8,11-17H2,1-3H3,(H,22,23);1H. The molecule has 1 aliphatic carbocycles. The van der Waals surface area contributed by atoms with Gasteiger partial charge < -0.3 is 15.1 Å². The van der Waals surface area contributed by atoms with Gasteiger partial charge in [-0.25, -0.2) is 0 Å². The quantitative estimate of drug-likeness (QED) is 0.409. The third-order valence-electron chi connectivity index (χ3n) is 5.91. The molecule has 2 aliphatic rings. The van der Waals surface area contributed by atoms with Crippen molar-refractivity contribution >= 4 is 29.9 Å². The Morgan fingerprint density at radius 2 is 1.81 bits per heavy atom. The Hall–Kier alpha value is -0.820. The summed E-state index contributed by atoms with van der Waals surface area (Å²) < 4.78 is 0. The van der Waals surface area contributed by atoms with Crippen LogP contribution in [-0.4, -0.2) is 50.0 Å². The summed E-state index contributed by atoms with van der Waals surface area (Å²) in [5.74, 6) is 1.07. The number of halogens is 1. The van der Waals surface area contributed by atoms with E-state index in [9.17, 15) is 0 Å². The van der Waals surface area contributed by atoms with Gasteiger partial charge in [-0.2, -0.15) is 0 Å². The summed E-state index contributed by atoms with van der Waals surface area (Å²) in [6.45, 7) is 4.16. The molecule has 1 saturated heterocycles. The van der Waals surface area contributed by atoms with Gasteiger partial charge in [-0.05, 0) is 49.9 Å². The lowest BCUT2D eigenvalue weighted by molar-refractivity contribution is 0.203. The van der Waals surface area contributed by atoms with Crippen molar-refractivity contribution in [3.63, 3.8) is 0 Å². The van der Waals surface area contributed by atoms with E-state index in [-0.39, 0.29) is 24.0 Å². The van der Waals surface area contributed by atoms with E-state index in [1.807, 2.05) is 7.05 Å². The van der Waals surface area contributed by atoms with Crippen LogP contribution in [0.25, 0.3) is 0 Å². The number of hydrogen-bond donors (Lipinski definition) is 1. The molecule has 4 nitrogen and oxygen atoms in total. The molecule has 1 aromatic rings. The largest absolute Gasteiger partial charge is 0.352 e. The van der Waals surface area contributed by atoms with Crippen molar-refractivity contribution in [2.75, 3.05) is 34.2 Å². The minimum Gasteiger partial charge on any atom is -0.352 e. The lowest BCUT2D eigenvalue weighted by Crippen LogP contribution is -2.41. The van der Waals surface area contributed by atoms with E-state index in [0.717, 1.165) is 25.6 Å². The van der Waals surface area contributed by atoms with Gasteiger partial charge >= 0.3 is 0 Å². The topological polar surface area (TPSA) is 30.9 Å². The van der Waals surface area contributed by atoms with Crippen LogP contribution in [0.2, 0.25) is 0 Å². The van der Waals surface area contributed by atoms with Crippen LogP contribution in [0.4, 0.5) is 0 Å². The van der Waals surface area contributed by atoms with Gasteiger partial charge in [0.2, 0.25) is 0 Å². The average Bonchev–Trinajstić information content (AvgIpc) is 3.00. The predicted molar refractivity (Wildman–Crippen MR) is 121 cm³/mol. The molecule has 0 amide bonds. The van der Waals surface area contributed by atoms with Gasteiger partial charge in [0.15, 0.2) is 5.96 Å². The maximum atomic E-state index is 4.57.